The van der Waals surface area contributed by atoms with Gasteiger partial charge in [-0.05, 0) is 28.7 Å². The van der Waals surface area contributed by atoms with Gasteiger partial charge in [-0.25, -0.2) is 9.59 Å². The standard InChI is InChI=1S/C18H16O4/c1-2-12-3-5-13(6-4-12)14-7-9-15(10-8-14)16(18(21)22)11-17(19)20/h3-11H,2H2,1H3,(H,19,20)(H,21,22)/b16-11+. The molecule has 2 rings (SSSR count). The average Bonchev–Trinajstić information content (AvgIpc) is 2.52. The van der Waals surface area contributed by atoms with Crippen molar-refractivity contribution < 1.29 is 19.8 Å². The van der Waals surface area contributed by atoms with Gasteiger partial charge in [0.1, 0.15) is 0 Å². The van der Waals surface area contributed by atoms with Gasteiger partial charge in [0, 0.05) is 6.08 Å². The Morgan fingerprint density at radius 2 is 1.41 bits per heavy atom. The fourth-order valence-corrected chi connectivity index (χ4v) is 2.17. The number of hydrogen-bond acceptors (Lipinski definition) is 2. The number of carbonyl (C=O) groups is 2. The third-order valence-electron chi connectivity index (χ3n) is 3.39. The fraction of sp³-hybridized carbons (Fsp3) is 0.111. The minimum Gasteiger partial charge on any atom is -0.478 e. The molecule has 0 bridgehead atoms. The van der Waals surface area contributed by atoms with Crippen molar-refractivity contribution in [3.63, 3.8) is 0 Å². The quantitative estimate of drug-likeness (QED) is 0.828. The van der Waals surface area contributed by atoms with Crippen LogP contribution >= 0.6 is 0 Å². The third-order valence-corrected chi connectivity index (χ3v) is 3.39. The normalized spacial score (nSPS) is 11.2. The minimum absolute atomic E-state index is 0.236. The second kappa shape index (κ2) is 6.72. The maximum absolute atomic E-state index is 11.1. The molecule has 22 heavy (non-hydrogen) atoms. The lowest BCUT2D eigenvalue weighted by molar-refractivity contribution is -0.133. The van der Waals surface area contributed by atoms with Crippen molar-refractivity contribution in [1.82, 2.24) is 0 Å². The van der Waals surface area contributed by atoms with Gasteiger partial charge >= 0.3 is 11.9 Å². The summed E-state index contributed by atoms with van der Waals surface area (Å²) in [5.74, 6) is -2.54. The van der Waals surface area contributed by atoms with Crippen molar-refractivity contribution in [3.05, 3.63) is 65.7 Å². The van der Waals surface area contributed by atoms with E-state index < -0.39 is 11.9 Å². The van der Waals surface area contributed by atoms with E-state index in [1.807, 2.05) is 12.1 Å². The van der Waals surface area contributed by atoms with Crippen molar-refractivity contribution in [2.24, 2.45) is 0 Å². The zero-order valence-electron chi connectivity index (χ0n) is 12.1. The van der Waals surface area contributed by atoms with Crippen LogP contribution in [0.15, 0.2) is 54.6 Å². The zero-order chi connectivity index (χ0) is 16.1. The predicted octanol–water partition coefficient (Wildman–Crippen LogP) is 3.47. The molecule has 0 fully saturated rings. The molecule has 0 saturated heterocycles. The van der Waals surface area contributed by atoms with Gasteiger partial charge in [-0.2, -0.15) is 0 Å². The van der Waals surface area contributed by atoms with Gasteiger partial charge in [-0.3, -0.25) is 0 Å². The number of aryl methyl sites for hydroxylation is 1. The summed E-state index contributed by atoms with van der Waals surface area (Å²) in [6.07, 6.45) is 1.68. The molecule has 0 amide bonds. The average molecular weight is 296 g/mol. The molecule has 112 valence electrons. The zero-order valence-corrected chi connectivity index (χ0v) is 12.1. The van der Waals surface area contributed by atoms with Gasteiger partial charge in [0.15, 0.2) is 0 Å². The van der Waals surface area contributed by atoms with Crippen LogP contribution < -0.4 is 0 Å². The first-order valence-electron chi connectivity index (χ1n) is 6.89. The topological polar surface area (TPSA) is 74.6 Å². The van der Waals surface area contributed by atoms with Gasteiger partial charge in [0.2, 0.25) is 0 Å². The molecule has 0 saturated carbocycles. The molecule has 0 aliphatic heterocycles. The van der Waals surface area contributed by atoms with E-state index in [0.717, 1.165) is 17.5 Å². The van der Waals surface area contributed by atoms with Gasteiger partial charge in [-0.15, -0.1) is 0 Å². The number of benzene rings is 2. The SMILES string of the molecule is CCc1ccc(-c2ccc(/C(=C\C(=O)O)C(=O)O)cc2)cc1. The number of rotatable bonds is 5. The first-order chi connectivity index (χ1) is 10.5. The van der Waals surface area contributed by atoms with Crippen molar-refractivity contribution in [2.45, 2.75) is 13.3 Å². The molecule has 4 nitrogen and oxygen atoms in total. The highest BCUT2D eigenvalue weighted by molar-refractivity contribution is 6.19. The van der Waals surface area contributed by atoms with Crippen LogP contribution in [0.4, 0.5) is 0 Å². The summed E-state index contributed by atoms with van der Waals surface area (Å²) < 4.78 is 0. The summed E-state index contributed by atoms with van der Waals surface area (Å²) >= 11 is 0. The number of carboxylic acids is 2. The van der Waals surface area contributed by atoms with E-state index in [0.29, 0.717) is 11.6 Å². The maximum Gasteiger partial charge on any atom is 0.336 e. The van der Waals surface area contributed by atoms with E-state index in [-0.39, 0.29) is 5.57 Å². The lowest BCUT2D eigenvalue weighted by Crippen LogP contribution is -2.03. The van der Waals surface area contributed by atoms with Gasteiger partial charge in [0.05, 0.1) is 5.57 Å². The molecule has 0 unspecified atom stereocenters. The van der Waals surface area contributed by atoms with Crippen LogP contribution in [-0.2, 0) is 16.0 Å². The molecule has 2 aromatic carbocycles. The molecule has 0 radical (unpaired) electrons. The molecule has 2 N–H and O–H groups in total. The Balaban J connectivity index is 2.32. The second-order valence-corrected chi connectivity index (χ2v) is 4.83. The van der Waals surface area contributed by atoms with Crippen molar-refractivity contribution >= 4 is 17.5 Å². The summed E-state index contributed by atoms with van der Waals surface area (Å²) in [4.78, 5) is 21.8. The van der Waals surface area contributed by atoms with Crippen molar-refractivity contribution in [2.75, 3.05) is 0 Å². The number of hydrogen-bond donors (Lipinski definition) is 2. The molecule has 4 heteroatoms. The highest BCUT2D eigenvalue weighted by atomic mass is 16.4. The first-order valence-corrected chi connectivity index (χ1v) is 6.89. The Bertz CT molecular complexity index is 710. The molecule has 0 aromatic heterocycles. The highest BCUT2D eigenvalue weighted by Gasteiger charge is 2.12. The molecular weight excluding hydrogens is 280 g/mol. The summed E-state index contributed by atoms with van der Waals surface area (Å²) in [6, 6.07) is 14.9. The molecule has 0 aliphatic rings. The van der Waals surface area contributed by atoms with E-state index in [2.05, 4.69) is 19.1 Å². The largest absolute Gasteiger partial charge is 0.478 e. The van der Waals surface area contributed by atoms with E-state index in [9.17, 15) is 9.59 Å². The Morgan fingerprint density at radius 3 is 1.82 bits per heavy atom. The maximum atomic E-state index is 11.1. The van der Waals surface area contributed by atoms with Crippen LogP contribution in [0, 0.1) is 0 Å². The van der Waals surface area contributed by atoms with Crippen molar-refractivity contribution in [3.8, 4) is 11.1 Å². The smallest absolute Gasteiger partial charge is 0.336 e. The Labute approximate surface area is 128 Å². The first kappa shape index (κ1) is 15.5. The minimum atomic E-state index is -1.28. The van der Waals surface area contributed by atoms with E-state index >= 15 is 0 Å². The predicted molar refractivity (Wildman–Crippen MR) is 84.5 cm³/mol. The van der Waals surface area contributed by atoms with Gasteiger partial charge < -0.3 is 10.2 Å². The van der Waals surface area contributed by atoms with E-state index in [4.69, 9.17) is 10.2 Å². The van der Waals surface area contributed by atoms with Crippen LogP contribution in [0.1, 0.15) is 18.1 Å². The van der Waals surface area contributed by atoms with E-state index in [1.165, 1.54) is 5.56 Å². The summed E-state index contributed by atoms with van der Waals surface area (Å²) in [5.41, 5.74) is 3.36. The van der Waals surface area contributed by atoms with Crippen LogP contribution in [0.25, 0.3) is 16.7 Å². The summed E-state index contributed by atoms with van der Waals surface area (Å²) in [5, 5.41) is 17.8. The summed E-state index contributed by atoms with van der Waals surface area (Å²) in [6.45, 7) is 2.09. The van der Waals surface area contributed by atoms with Crippen LogP contribution in [0.5, 0.6) is 0 Å². The monoisotopic (exact) mass is 296 g/mol. The highest BCUT2D eigenvalue weighted by Crippen LogP contribution is 2.23. The lowest BCUT2D eigenvalue weighted by Gasteiger charge is -2.06. The molecule has 2 aromatic rings. The Morgan fingerprint density at radius 1 is 0.909 bits per heavy atom. The fourth-order valence-electron chi connectivity index (χ4n) is 2.17. The van der Waals surface area contributed by atoms with Crippen LogP contribution in [-0.4, -0.2) is 22.2 Å². The van der Waals surface area contributed by atoms with Gasteiger partial charge in [0.25, 0.3) is 0 Å². The number of aliphatic carboxylic acids is 2. The molecule has 0 heterocycles. The Kier molecular flexibility index (Phi) is 4.73. The Hall–Kier alpha value is -2.88. The second-order valence-electron chi connectivity index (χ2n) is 4.83. The van der Waals surface area contributed by atoms with E-state index in [1.54, 1.807) is 24.3 Å². The van der Waals surface area contributed by atoms with Crippen LogP contribution in [0.3, 0.4) is 0 Å². The molecule has 0 atom stereocenters. The lowest BCUT2D eigenvalue weighted by atomic mass is 9.99. The number of carboxylic acid groups (broad SMARTS) is 2. The van der Waals surface area contributed by atoms with Crippen LogP contribution in [0.2, 0.25) is 0 Å². The third kappa shape index (κ3) is 3.61. The molecular formula is C18H16O4. The molecule has 0 spiro atoms. The molecule has 0 aliphatic carbocycles. The van der Waals surface area contributed by atoms with Crippen molar-refractivity contribution in [1.29, 1.82) is 0 Å². The van der Waals surface area contributed by atoms with Gasteiger partial charge in [-0.1, -0.05) is 55.5 Å². The summed E-state index contributed by atoms with van der Waals surface area (Å²) in [7, 11) is 0.